The average Bonchev–Trinajstić information content (AvgIpc) is 2.36. The van der Waals surface area contributed by atoms with Gasteiger partial charge in [-0.05, 0) is 25.7 Å². The summed E-state index contributed by atoms with van der Waals surface area (Å²) in [4.78, 5) is 0. The highest BCUT2D eigenvalue weighted by molar-refractivity contribution is 5.18. The molecule has 0 spiro atoms. The fourth-order valence-electron chi connectivity index (χ4n) is 4.00. The molecule has 0 saturated heterocycles. The molecule has 0 bridgehead atoms. The summed E-state index contributed by atoms with van der Waals surface area (Å²) >= 11 is 0. The van der Waals surface area contributed by atoms with Crippen LogP contribution in [0.4, 0.5) is 0 Å². The smallest absolute Gasteiger partial charge is 0.0754 e. The van der Waals surface area contributed by atoms with E-state index in [-0.39, 0.29) is 11.8 Å². The quantitative estimate of drug-likeness (QED) is 0.626. The van der Waals surface area contributed by atoms with E-state index < -0.39 is 23.2 Å². The van der Waals surface area contributed by atoms with Gasteiger partial charge in [-0.3, -0.25) is 0 Å². The van der Waals surface area contributed by atoms with Gasteiger partial charge in [-0.1, -0.05) is 32.4 Å². The molecular formula is C15H26O3. The summed E-state index contributed by atoms with van der Waals surface area (Å²) in [6.07, 6.45) is 2.69. The molecule has 0 heterocycles. The first-order valence-corrected chi connectivity index (χ1v) is 6.96. The van der Waals surface area contributed by atoms with Crippen LogP contribution in [-0.2, 0) is 0 Å². The molecule has 0 unspecified atom stereocenters. The average molecular weight is 254 g/mol. The van der Waals surface area contributed by atoms with E-state index in [0.717, 1.165) is 12.0 Å². The summed E-state index contributed by atoms with van der Waals surface area (Å²) in [5, 5.41) is 31.8. The van der Waals surface area contributed by atoms with Crippen molar-refractivity contribution in [1.29, 1.82) is 0 Å². The molecule has 2 aliphatic rings. The first kappa shape index (κ1) is 14.0. The van der Waals surface area contributed by atoms with E-state index in [1.54, 1.807) is 0 Å². The lowest BCUT2D eigenvalue weighted by atomic mass is 9.67. The molecule has 5 atom stereocenters. The maximum Gasteiger partial charge on any atom is 0.0754 e. The van der Waals surface area contributed by atoms with E-state index in [4.69, 9.17) is 0 Å². The maximum atomic E-state index is 10.9. The van der Waals surface area contributed by atoms with Gasteiger partial charge in [0.1, 0.15) is 0 Å². The zero-order valence-electron chi connectivity index (χ0n) is 11.8. The first-order valence-electron chi connectivity index (χ1n) is 6.96. The second kappa shape index (κ2) is 4.32. The Hall–Kier alpha value is -0.380. The van der Waals surface area contributed by atoms with E-state index >= 15 is 0 Å². The van der Waals surface area contributed by atoms with E-state index in [1.165, 1.54) is 0 Å². The number of aliphatic hydroxyl groups excluding tert-OH is 2. The zero-order chi connectivity index (χ0) is 13.7. The van der Waals surface area contributed by atoms with Crippen LogP contribution in [0.3, 0.4) is 0 Å². The van der Waals surface area contributed by atoms with Crippen LogP contribution >= 0.6 is 0 Å². The van der Waals surface area contributed by atoms with Crippen molar-refractivity contribution in [2.75, 3.05) is 0 Å². The lowest BCUT2D eigenvalue weighted by molar-refractivity contribution is -0.109. The molecule has 1 fully saturated rings. The van der Waals surface area contributed by atoms with E-state index in [9.17, 15) is 15.3 Å². The lowest BCUT2D eigenvalue weighted by Crippen LogP contribution is -2.49. The molecule has 104 valence electrons. The van der Waals surface area contributed by atoms with Crippen LogP contribution in [0.5, 0.6) is 0 Å². The van der Waals surface area contributed by atoms with Crippen molar-refractivity contribution in [2.24, 2.45) is 17.3 Å². The minimum atomic E-state index is -0.966. The monoisotopic (exact) mass is 254 g/mol. The third-order valence-corrected chi connectivity index (χ3v) is 5.34. The van der Waals surface area contributed by atoms with Gasteiger partial charge in [0.05, 0.1) is 17.8 Å². The van der Waals surface area contributed by atoms with Gasteiger partial charge in [0, 0.05) is 17.8 Å². The molecule has 0 aliphatic heterocycles. The van der Waals surface area contributed by atoms with Gasteiger partial charge in [-0.2, -0.15) is 0 Å². The Morgan fingerprint density at radius 3 is 2.50 bits per heavy atom. The predicted octanol–water partition coefficient (Wildman–Crippen LogP) is 1.86. The van der Waals surface area contributed by atoms with Gasteiger partial charge in [-0.25, -0.2) is 0 Å². The molecule has 1 saturated carbocycles. The summed E-state index contributed by atoms with van der Waals surface area (Å²) in [5.74, 6) is -0.222. The second-order valence-electron chi connectivity index (χ2n) is 6.88. The van der Waals surface area contributed by atoms with Gasteiger partial charge in [0.2, 0.25) is 0 Å². The Labute approximate surface area is 110 Å². The number of rotatable bonds is 1. The standard InChI is InChI=1S/C15H26O3/c1-9(2)15(18)8-12(17)14(4)6-5-10(3)7-11(16)13(14)15/h5,9,11-13,16-18H,6-8H2,1-4H3/t11-,12+,13+,14-,15+/m0/s1. The predicted molar refractivity (Wildman–Crippen MR) is 71.0 cm³/mol. The van der Waals surface area contributed by atoms with Crippen LogP contribution in [0, 0.1) is 17.3 Å². The van der Waals surface area contributed by atoms with Crippen LogP contribution < -0.4 is 0 Å². The first-order chi connectivity index (χ1) is 8.21. The molecule has 0 aromatic rings. The van der Waals surface area contributed by atoms with Crippen molar-refractivity contribution in [3.8, 4) is 0 Å². The number of allylic oxidation sites excluding steroid dienone is 1. The Morgan fingerprint density at radius 1 is 1.33 bits per heavy atom. The summed E-state index contributed by atoms with van der Waals surface area (Å²) in [6.45, 7) is 7.95. The lowest BCUT2D eigenvalue weighted by Gasteiger charge is -2.42. The minimum Gasteiger partial charge on any atom is -0.392 e. The molecule has 18 heavy (non-hydrogen) atoms. The van der Waals surface area contributed by atoms with Crippen LogP contribution in [0.2, 0.25) is 0 Å². The normalized spacial score (nSPS) is 48.9. The molecule has 3 nitrogen and oxygen atoms in total. The van der Waals surface area contributed by atoms with E-state index in [0.29, 0.717) is 12.8 Å². The van der Waals surface area contributed by atoms with E-state index in [1.807, 2.05) is 27.7 Å². The molecule has 0 amide bonds. The molecule has 2 rings (SSSR count). The van der Waals surface area contributed by atoms with Gasteiger partial charge in [0.15, 0.2) is 0 Å². The molecule has 0 aromatic carbocycles. The van der Waals surface area contributed by atoms with Crippen molar-refractivity contribution >= 4 is 0 Å². The zero-order valence-corrected chi connectivity index (χ0v) is 11.8. The molecule has 0 radical (unpaired) electrons. The molecule has 3 heteroatoms. The Balaban J connectivity index is 2.46. The topological polar surface area (TPSA) is 60.7 Å². The highest BCUT2D eigenvalue weighted by Crippen LogP contribution is 2.57. The highest BCUT2D eigenvalue weighted by Gasteiger charge is 2.62. The summed E-state index contributed by atoms with van der Waals surface area (Å²) in [5.41, 5.74) is -0.237. The van der Waals surface area contributed by atoms with Crippen molar-refractivity contribution in [3.05, 3.63) is 11.6 Å². The largest absolute Gasteiger partial charge is 0.392 e. The SMILES string of the molecule is CC1=CC[C@@]2(C)[C@H](O)C[C@@](O)(C(C)C)[C@@H]2[C@@H](O)C1. The van der Waals surface area contributed by atoms with Crippen molar-refractivity contribution in [3.63, 3.8) is 0 Å². The summed E-state index contributed by atoms with van der Waals surface area (Å²) in [7, 11) is 0. The van der Waals surface area contributed by atoms with Crippen molar-refractivity contribution < 1.29 is 15.3 Å². The Morgan fingerprint density at radius 2 is 1.94 bits per heavy atom. The van der Waals surface area contributed by atoms with Gasteiger partial charge < -0.3 is 15.3 Å². The number of aliphatic hydroxyl groups is 3. The van der Waals surface area contributed by atoms with Gasteiger partial charge >= 0.3 is 0 Å². The fourth-order valence-corrected chi connectivity index (χ4v) is 4.00. The second-order valence-corrected chi connectivity index (χ2v) is 6.88. The highest BCUT2D eigenvalue weighted by atomic mass is 16.3. The maximum absolute atomic E-state index is 10.9. The third kappa shape index (κ3) is 1.84. The summed E-state index contributed by atoms with van der Waals surface area (Å²) < 4.78 is 0. The van der Waals surface area contributed by atoms with Gasteiger partial charge in [0.25, 0.3) is 0 Å². The number of fused-ring (bicyclic) bond motifs is 1. The van der Waals surface area contributed by atoms with Crippen LogP contribution in [0.25, 0.3) is 0 Å². The number of hydrogen-bond donors (Lipinski definition) is 3. The third-order valence-electron chi connectivity index (χ3n) is 5.34. The van der Waals surface area contributed by atoms with Crippen molar-refractivity contribution in [1.82, 2.24) is 0 Å². The molecular weight excluding hydrogens is 228 g/mol. The van der Waals surface area contributed by atoms with Crippen LogP contribution in [0.1, 0.15) is 47.0 Å². The van der Waals surface area contributed by atoms with Crippen LogP contribution in [-0.4, -0.2) is 33.1 Å². The molecule has 0 aromatic heterocycles. The Kier molecular flexibility index (Phi) is 3.37. The van der Waals surface area contributed by atoms with Gasteiger partial charge in [-0.15, -0.1) is 0 Å². The molecule has 2 aliphatic carbocycles. The molecule has 3 N–H and O–H groups in total. The van der Waals surface area contributed by atoms with Crippen LogP contribution in [0.15, 0.2) is 11.6 Å². The summed E-state index contributed by atoms with van der Waals surface area (Å²) in [6, 6.07) is 0. The number of hydrogen-bond acceptors (Lipinski definition) is 3. The van der Waals surface area contributed by atoms with Crippen molar-refractivity contribution in [2.45, 2.75) is 64.8 Å². The fraction of sp³-hybridized carbons (Fsp3) is 0.867. The Bertz CT molecular complexity index is 363. The van der Waals surface area contributed by atoms with E-state index in [2.05, 4.69) is 6.08 Å². The minimum absolute atomic E-state index is 0.0343.